The van der Waals surface area contributed by atoms with E-state index in [0.717, 1.165) is 4.90 Å². The predicted octanol–water partition coefficient (Wildman–Crippen LogP) is -0.242. The number of carboxylic acids is 1. The molecule has 0 radical (unpaired) electrons. The number of phenolic OH excluding ortho intramolecular Hbond substituents is 1. The van der Waals surface area contributed by atoms with Crippen LogP contribution in [0.3, 0.4) is 0 Å². The minimum absolute atomic E-state index is 0.0290. The van der Waals surface area contributed by atoms with E-state index in [1.165, 1.54) is 37.7 Å². The Labute approximate surface area is 404 Å². The fourth-order valence-corrected chi connectivity index (χ4v) is 7.20. The van der Waals surface area contributed by atoms with Crippen molar-refractivity contribution in [3.63, 3.8) is 0 Å². The van der Waals surface area contributed by atoms with Crippen LogP contribution in [0.25, 0.3) is 0 Å². The molecule has 0 aromatic heterocycles. The summed E-state index contributed by atoms with van der Waals surface area (Å²) < 4.78 is 0. The third kappa shape index (κ3) is 22.5. The number of hydrogen-bond acceptors (Lipinski definition) is 13. The number of carboxylic acid groups (broad SMARTS) is 1. The Morgan fingerprint density at radius 2 is 1.12 bits per heavy atom. The quantitative estimate of drug-likeness (QED) is 0.0474. The van der Waals surface area contributed by atoms with E-state index in [0.29, 0.717) is 11.3 Å². The van der Waals surface area contributed by atoms with Crippen LogP contribution in [0.1, 0.15) is 94.1 Å². The van der Waals surface area contributed by atoms with Crippen LogP contribution in [0.2, 0.25) is 0 Å². The number of aromatic hydroxyl groups is 1. The van der Waals surface area contributed by atoms with Gasteiger partial charge in [0.25, 0.3) is 0 Å². The number of thioether (sulfide) groups is 1. The molecule has 0 heterocycles. The Morgan fingerprint density at radius 1 is 0.632 bits per heavy atom. The molecule has 68 heavy (non-hydrogen) atoms. The molecular formula is C46H77N9O12S. The smallest absolute Gasteiger partial charge is 0.326 e. The van der Waals surface area contributed by atoms with Crippen molar-refractivity contribution >= 4 is 65.0 Å². The van der Waals surface area contributed by atoms with Gasteiger partial charge in [0, 0.05) is 12.3 Å². The number of aliphatic hydroxyl groups is 1. The summed E-state index contributed by atoms with van der Waals surface area (Å²) in [5, 5.41) is 47.7. The van der Waals surface area contributed by atoms with Crippen LogP contribution in [-0.2, 0) is 49.6 Å². The van der Waals surface area contributed by atoms with Crippen LogP contribution in [0.5, 0.6) is 5.75 Å². The fourth-order valence-electron chi connectivity index (χ4n) is 6.80. The number of aliphatic carboxylic acids is 1. The van der Waals surface area contributed by atoms with E-state index in [2.05, 4.69) is 37.2 Å². The highest BCUT2D eigenvalue weighted by molar-refractivity contribution is 7.98. The van der Waals surface area contributed by atoms with E-state index in [-0.39, 0.29) is 55.7 Å². The number of amides is 8. The maximum Gasteiger partial charge on any atom is 0.326 e. The second-order valence-electron chi connectivity index (χ2n) is 18.7. The zero-order valence-corrected chi connectivity index (χ0v) is 42.2. The van der Waals surface area contributed by atoms with Crippen molar-refractivity contribution in [2.45, 2.75) is 143 Å². The van der Waals surface area contributed by atoms with Crippen molar-refractivity contribution in [2.75, 3.05) is 31.6 Å². The van der Waals surface area contributed by atoms with E-state index < -0.39 is 121 Å². The highest BCUT2D eigenvalue weighted by Crippen LogP contribution is 2.14. The van der Waals surface area contributed by atoms with E-state index >= 15 is 0 Å². The van der Waals surface area contributed by atoms with Crippen molar-refractivity contribution in [1.82, 2.24) is 42.1 Å². The minimum atomic E-state index is -1.56. The number of phenols is 1. The third-order valence-corrected chi connectivity index (χ3v) is 11.0. The van der Waals surface area contributed by atoms with Gasteiger partial charge in [0.05, 0.1) is 25.2 Å². The normalized spacial score (nSPS) is 14.9. The molecule has 0 unspecified atom stereocenters. The molecule has 12 N–H and O–H groups in total. The third-order valence-electron chi connectivity index (χ3n) is 10.4. The first-order valence-electron chi connectivity index (χ1n) is 23.0. The standard InChI is InChI=1S/C46H77N9O12S/c1-24(2)18-33(50-36(58)22-48-40(60)28(9)49-42(62)34(19-25(3)4)51-41(61)32(47)21-30-12-14-31(57)15-13-30)43(63)52-35(20-26(5)6)44(64)54-39(29(10)56)45(65)55(16-17-68-11)23-37(59)53-38(27(7)8)46(66)67/h12-15,24-29,32-35,38-39,56-57H,16-23,47H2,1-11H3,(H,48,60)(H,49,62)(H,50,58)(H,51,61)(H,52,63)(H,53,59)(H,54,64)(H,66,67)/t28-,29+,32-,33-,34-,35-,38-,39-/m0/s1. The summed E-state index contributed by atoms with van der Waals surface area (Å²) in [7, 11) is 0. The molecule has 0 saturated carbocycles. The van der Waals surface area contributed by atoms with Gasteiger partial charge in [-0.15, -0.1) is 0 Å². The molecular weight excluding hydrogens is 903 g/mol. The highest BCUT2D eigenvalue weighted by Gasteiger charge is 2.36. The Kier molecular flexibility index (Phi) is 26.8. The molecule has 0 aliphatic carbocycles. The molecule has 384 valence electrons. The summed E-state index contributed by atoms with van der Waals surface area (Å²) in [6.45, 7) is 15.7. The SMILES string of the molecule is CSCCN(CC(=O)N[C@H](C(=O)O)C(C)C)C(=O)[C@@H](NC(=O)[C@H](CC(C)C)NC(=O)[C@H](CC(C)C)NC(=O)CNC(=O)[C@H](C)NC(=O)[C@H](CC(C)C)NC(=O)[C@@H](N)Cc1ccc(O)cc1)[C@@H](C)O. The summed E-state index contributed by atoms with van der Waals surface area (Å²) in [5.74, 6) is -7.47. The van der Waals surface area contributed by atoms with Crippen molar-refractivity contribution in [2.24, 2.45) is 29.4 Å². The van der Waals surface area contributed by atoms with Crippen LogP contribution in [0.4, 0.5) is 0 Å². The summed E-state index contributed by atoms with van der Waals surface area (Å²) >= 11 is 1.37. The van der Waals surface area contributed by atoms with Gasteiger partial charge in [0.1, 0.15) is 42.0 Å². The van der Waals surface area contributed by atoms with Gasteiger partial charge < -0.3 is 63.2 Å². The summed E-state index contributed by atoms with van der Waals surface area (Å²) in [5.41, 5.74) is 6.82. The maximum absolute atomic E-state index is 13.9. The molecule has 1 aromatic carbocycles. The van der Waals surface area contributed by atoms with Crippen LogP contribution in [-0.4, -0.2) is 153 Å². The predicted molar refractivity (Wildman–Crippen MR) is 258 cm³/mol. The molecule has 22 heteroatoms. The molecule has 0 spiro atoms. The largest absolute Gasteiger partial charge is 0.508 e. The molecule has 1 aromatic rings. The zero-order chi connectivity index (χ0) is 52.0. The lowest BCUT2D eigenvalue weighted by atomic mass is 9.99. The van der Waals surface area contributed by atoms with E-state index in [1.54, 1.807) is 46.1 Å². The number of rotatable bonds is 30. The lowest BCUT2D eigenvalue weighted by molar-refractivity contribution is -0.145. The Hall–Kier alpha value is -5.48. The van der Waals surface area contributed by atoms with Gasteiger partial charge in [-0.25, -0.2) is 4.79 Å². The first-order valence-corrected chi connectivity index (χ1v) is 24.4. The average molecular weight is 980 g/mol. The topological polar surface area (TPSA) is 328 Å². The Balaban J connectivity index is 3.08. The molecule has 0 bridgehead atoms. The highest BCUT2D eigenvalue weighted by atomic mass is 32.2. The van der Waals surface area contributed by atoms with E-state index in [9.17, 15) is 58.5 Å². The van der Waals surface area contributed by atoms with E-state index in [4.69, 9.17) is 5.73 Å². The monoisotopic (exact) mass is 980 g/mol. The van der Waals surface area contributed by atoms with Crippen LogP contribution < -0.4 is 43.0 Å². The van der Waals surface area contributed by atoms with Gasteiger partial charge in [-0.2, -0.15) is 11.8 Å². The lowest BCUT2D eigenvalue weighted by Gasteiger charge is -2.31. The molecule has 8 atom stereocenters. The van der Waals surface area contributed by atoms with Gasteiger partial charge in [-0.3, -0.25) is 38.4 Å². The van der Waals surface area contributed by atoms with Gasteiger partial charge in [-0.1, -0.05) is 67.5 Å². The van der Waals surface area contributed by atoms with Gasteiger partial charge >= 0.3 is 5.97 Å². The molecule has 0 aliphatic heterocycles. The summed E-state index contributed by atoms with van der Waals surface area (Å²) in [6, 6.07) is -2.23. The van der Waals surface area contributed by atoms with Crippen molar-refractivity contribution < 1.29 is 58.5 Å². The van der Waals surface area contributed by atoms with Gasteiger partial charge in [0.2, 0.25) is 47.3 Å². The first kappa shape index (κ1) is 60.5. The molecule has 0 saturated heterocycles. The van der Waals surface area contributed by atoms with Crippen LogP contribution in [0.15, 0.2) is 24.3 Å². The number of nitrogens with two attached hydrogens (primary N) is 1. The molecule has 0 aliphatic rings. The number of nitrogens with zero attached hydrogens (tertiary/aromatic N) is 1. The zero-order valence-electron chi connectivity index (χ0n) is 41.3. The van der Waals surface area contributed by atoms with Crippen molar-refractivity contribution in [3.8, 4) is 5.75 Å². The van der Waals surface area contributed by atoms with E-state index in [1.807, 2.05) is 27.7 Å². The summed E-state index contributed by atoms with van der Waals surface area (Å²) in [4.78, 5) is 120. The molecule has 21 nitrogen and oxygen atoms in total. The number of carbonyl (C=O) groups is 9. The minimum Gasteiger partial charge on any atom is -0.508 e. The lowest BCUT2D eigenvalue weighted by Crippen LogP contribution is -2.60. The first-order chi connectivity index (χ1) is 31.7. The second-order valence-corrected chi connectivity index (χ2v) is 19.6. The van der Waals surface area contributed by atoms with Gasteiger partial charge in [0.15, 0.2) is 0 Å². The molecule has 8 amide bonds. The number of nitrogens with one attached hydrogen (secondary N) is 7. The number of benzene rings is 1. The van der Waals surface area contributed by atoms with Gasteiger partial charge in [-0.05, 0) is 87.2 Å². The number of hydrogen-bond donors (Lipinski definition) is 11. The van der Waals surface area contributed by atoms with Crippen molar-refractivity contribution in [1.29, 1.82) is 0 Å². The van der Waals surface area contributed by atoms with Crippen LogP contribution >= 0.6 is 11.8 Å². The Morgan fingerprint density at radius 3 is 1.59 bits per heavy atom. The number of aliphatic hydroxyl groups excluding tert-OH is 1. The molecule has 0 fully saturated rings. The number of carbonyl (C=O) groups excluding carboxylic acids is 8. The Bertz CT molecular complexity index is 1850. The average Bonchev–Trinajstić information content (AvgIpc) is 3.23. The van der Waals surface area contributed by atoms with Crippen LogP contribution in [0, 0.1) is 23.7 Å². The fraction of sp³-hybridized carbons (Fsp3) is 0.674. The second kappa shape index (κ2) is 30.1. The van der Waals surface area contributed by atoms with Crippen molar-refractivity contribution in [3.05, 3.63) is 29.8 Å². The molecule has 1 rings (SSSR count). The summed E-state index contributed by atoms with van der Waals surface area (Å²) in [6.07, 6.45) is 0.892. The maximum atomic E-state index is 13.9.